The quantitative estimate of drug-likeness (QED) is 0.439. The number of hydrogen-bond donors (Lipinski definition) is 1. The van der Waals surface area contributed by atoms with E-state index < -0.39 is 5.97 Å². The molecule has 1 atom stereocenters. The zero-order valence-electron chi connectivity index (χ0n) is 19.6. The van der Waals surface area contributed by atoms with Crippen molar-refractivity contribution in [3.05, 3.63) is 89.0 Å². The minimum Gasteiger partial charge on any atom is -0.489 e. The first-order chi connectivity index (χ1) is 16.0. The summed E-state index contributed by atoms with van der Waals surface area (Å²) >= 11 is 0. The summed E-state index contributed by atoms with van der Waals surface area (Å²) in [4.78, 5) is 13.6. The summed E-state index contributed by atoms with van der Waals surface area (Å²) in [6.07, 6.45) is 3.44. The van der Waals surface area contributed by atoms with Gasteiger partial charge in [0.15, 0.2) is 0 Å². The van der Waals surface area contributed by atoms with Crippen LogP contribution in [0, 0.1) is 13.8 Å². The number of ether oxygens (including phenoxy) is 1. The zero-order valence-corrected chi connectivity index (χ0v) is 19.6. The number of rotatable bonds is 8. The summed E-state index contributed by atoms with van der Waals surface area (Å²) in [5.41, 5.74) is 7.20. The Kier molecular flexibility index (Phi) is 7.46. The van der Waals surface area contributed by atoms with E-state index in [4.69, 9.17) is 4.74 Å². The van der Waals surface area contributed by atoms with Crippen molar-refractivity contribution in [1.29, 1.82) is 0 Å². The lowest BCUT2D eigenvalue weighted by Gasteiger charge is -2.35. The Bertz CT molecular complexity index is 1090. The largest absolute Gasteiger partial charge is 0.489 e. The van der Waals surface area contributed by atoms with Gasteiger partial charge in [-0.1, -0.05) is 67.1 Å². The minimum absolute atomic E-state index is 0.132. The van der Waals surface area contributed by atoms with E-state index in [9.17, 15) is 9.90 Å². The van der Waals surface area contributed by atoms with Crippen molar-refractivity contribution in [2.75, 3.05) is 6.54 Å². The number of benzene rings is 3. The molecule has 3 aromatic rings. The smallest absolute Gasteiger partial charge is 0.304 e. The highest BCUT2D eigenvalue weighted by atomic mass is 16.5. The average Bonchev–Trinajstić information content (AvgIpc) is 2.81. The molecule has 0 spiro atoms. The second-order valence-electron chi connectivity index (χ2n) is 9.06. The molecule has 1 unspecified atom stereocenters. The lowest BCUT2D eigenvalue weighted by Crippen LogP contribution is -2.40. The highest BCUT2D eigenvalue weighted by molar-refractivity contribution is 5.68. The van der Waals surface area contributed by atoms with Crippen LogP contribution in [0.15, 0.2) is 66.7 Å². The molecule has 0 saturated carbocycles. The van der Waals surface area contributed by atoms with Crippen LogP contribution in [-0.4, -0.2) is 28.6 Å². The second-order valence-corrected chi connectivity index (χ2v) is 9.06. The normalized spacial score (nSPS) is 16.5. The number of likely N-dealkylation sites (tertiary alicyclic amines) is 1. The molecule has 4 rings (SSSR count). The molecule has 1 aliphatic heterocycles. The van der Waals surface area contributed by atoms with Gasteiger partial charge >= 0.3 is 5.97 Å². The van der Waals surface area contributed by atoms with Gasteiger partial charge in [-0.3, -0.25) is 9.69 Å². The Morgan fingerprint density at radius 3 is 2.61 bits per heavy atom. The Labute approximate surface area is 196 Å². The number of hydrogen-bond acceptors (Lipinski definition) is 3. The lowest BCUT2D eigenvalue weighted by atomic mass is 9.97. The predicted octanol–water partition coefficient (Wildman–Crippen LogP) is 6.38. The highest BCUT2D eigenvalue weighted by Crippen LogP contribution is 2.28. The molecular formula is C29H33NO3. The minimum atomic E-state index is -0.710. The fraction of sp³-hybridized carbons (Fsp3) is 0.345. The van der Waals surface area contributed by atoms with Crippen molar-refractivity contribution in [3.63, 3.8) is 0 Å². The third-order valence-corrected chi connectivity index (χ3v) is 6.70. The van der Waals surface area contributed by atoms with Gasteiger partial charge in [0.2, 0.25) is 0 Å². The van der Waals surface area contributed by atoms with Crippen LogP contribution in [0.4, 0.5) is 0 Å². The highest BCUT2D eigenvalue weighted by Gasteiger charge is 2.24. The van der Waals surface area contributed by atoms with Crippen molar-refractivity contribution >= 4 is 5.97 Å². The molecule has 1 aliphatic rings. The van der Waals surface area contributed by atoms with Crippen LogP contribution in [0.25, 0.3) is 11.1 Å². The van der Waals surface area contributed by atoms with Crippen LogP contribution >= 0.6 is 0 Å². The van der Waals surface area contributed by atoms with Crippen molar-refractivity contribution in [2.24, 2.45) is 0 Å². The first kappa shape index (κ1) is 23.1. The predicted molar refractivity (Wildman–Crippen MR) is 132 cm³/mol. The van der Waals surface area contributed by atoms with E-state index in [-0.39, 0.29) is 12.5 Å². The number of aryl methyl sites for hydroxylation is 1. The van der Waals surface area contributed by atoms with E-state index in [0.717, 1.165) is 43.7 Å². The maximum Gasteiger partial charge on any atom is 0.304 e. The number of carboxylic acids is 1. The summed E-state index contributed by atoms with van der Waals surface area (Å²) in [5.74, 6) is 0.183. The van der Waals surface area contributed by atoms with Crippen LogP contribution in [0.1, 0.15) is 47.9 Å². The van der Waals surface area contributed by atoms with E-state index in [2.05, 4.69) is 79.4 Å². The molecular weight excluding hydrogens is 410 g/mol. The van der Waals surface area contributed by atoms with Crippen LogP contribution in [-0.2, 0) is 17.9 Å². The molecule has 1 N–H and O–H groups in total. The van der Waals surface area contributed by atoms with Crippen molar-refractivity contribution in [2.45, 2.75) is 58.7 Å². The van der Waals surface area contributed by atoms with Gasteiger partial charge in [-0.15, -0.1) is 0 Å². The van der Waals surface area contributed by atoms with Crippen LogP contribution < -0.4 is 4.74 Å². The molecule has 0 radical (unpaired) electrons. The summed E-state index contributed by atoms with van der Waals surface area (Å²) in [6, 6.07) is 23.3. The average molecular weight is 444 g/mol. The Balaban J connectivity index is 1.43. The van der Waals surface area contributed by atoms with Gasteiger partial charge in [-0.05, 0) is 72.7 Å². The van der Waals surface area contributed by atoms with E-state index >= 15 is 0 Å². The third kappa shape index (κ3) is 5.82. The SMILES string of the molecule is Cc1cc(CN2CCCCC2CC(=O)O)ccc1OCc1cccc(-c2ccccc2)c1C. The summed E-state index contributed by atoms with van der Waals surface area (Å²) in [5, 5.41) is 9.24. The Morgan fingerprint density at radius 1 is 1.03 bits per heavy atom. The number of aliphatic carboxylic acids is 1. The zero-order chi connectivity index (χ0) is 23.2. The molecule has 1 saturated heterocycles. The standard InChI is InChI=1S/C29H33NO3/c1-21-17-23(19-30-16-7-6-12-26(30)18-29(31)32)14-15-28(21)33-20-25-11-8-13-27(22(25)2)24-9-4-3-5-10-24/h3-5,8-11,13-15,17,26H,6-7,12,16,18-20H2,1-2H3,(H,31,32). The fourth-order valence-corrected chi connectivity index (χ4v) is 4.83. The molecule has 0 bridgehead atoms. The third-order valence-electron chi connectivity index (χ3n) is 6.70. The van der Waals surface area contributed by atoms with Gasteiger partial charge in [0.1, 0.15) is 12.4 Å². The van der Waals surface area contributed by atoms with Gasteiger partial charge < -0.3 is 9.84 Å². The summed E-state index contributed by atoms with van der Waals surface area (Å²) in [6.45, 7) is 6.52. The van der Waals surface area contributed by atoms with Crippen LogP contribution in [0.5, 0.6) is 5.75 Å². The van der Waals surface area contributed by atoms with Crippen molar-refractivity contribution < 1.29 is 14.6 Å². The maximum atomic E-state index is 11.2. The molecule has 4 nitrogen and oxygen atoms in total. The fourth-order valence-electron chi connectivity index (χ4n) is 4.83. The molecule has 1 fully saturated rings. The van der Waals surface area contributed by atoms with Gasteiger partial charge in [-0.2, -0.15) is 0 Å². The molecule has 0 aromatic heterocycles. The van der Waals surface area contributed by atoms with E-state index in [1.807, 2.05) is 6.07 Å². The van der Waals surface area contributed by atoms with E-state index in [1.165, 1.54) is 27.8 Å². The number of carbonyl (C=O) groups is 1. The second kappa shape index (κ2) is 10.7. The first-order valence-corrected chi connectivity index (χ1v) is 11.8. The molecule has 1 heterocycles. The molecule has 33 heavy (non-hydrogen) atoms. The van der Waals surface area contributed by atoms with Gasteiger partial charge in [-0.25, -0.2) is 0 Å². The van der Waals surface area contributed by atoms with Crippen molar-refractivity contribution in [3.8, 4) is 16.9 Å². The Hall–Kier alpha value is -3.11. The van der Waals surface area contributed by atoms with Crippen molar-refractivity contribution in [1.82, 2.24) is 4.90 Å². The number of nitrogens with zero attached hydrogens (tertiary/aromatic N) is 1. The van der Waals surface area contributed by atoms with Crippen LogP contribution in [0.2, 0.25) is 0 Å². The monoisotopic (exact) mass is 443 g/mol. The van der Waals surface area contributed by atoms with E-state index in [0.29, 0.717) is 6.61 Å². The Morgan fingerprint density at radius 2 is 1.85 bits per heavy atom. The van der Waals surface area contributed by atoms with E-state index in [1.54, 1.807) is 0 Å². The molecule has 3 aromatic carbocycles. The van der Waals surface area contributed by atoms with Gasteiger partial charge in [0.25, 0.3) is 0 Å². The number of carboxylic acid groups (broad SMARTS) is 1. The summed E-state index contributed by atoms with van der Waals surface area (Å²) < 4.78 is 6.22. The first-order valence-electron chi connectivity index (χ1n) is 11.8. The number of piperidine rings is 1. The topological polar surface area (TPSA) is 49.8 Å². The lowest BCUT2D eigenvalue weighted by molar-refractivity contribution is -0.138. The van der Waals surface area contributed by atoms with Gasteiger partial charge in [0, 0.05) is 12.6 Å². The molecule has 0 aliphatic carbocycles. The van der Waals surface area contributed by atoms with Gasteiger partial charge in [0.05, 0.1) is 6.42 Å². The molecule has 172 valence electrons. The molecule has 0 amide bonds. The summed E-state index contributed by atoms with van der Waals surface area (Å²) in [7, 11) is 0. The van der Waals surface area contributed by atoms with Crippen LogP contribution in [0.3, 0.4) is 0 Å². The molecule has 4 heteroatoms. The maximum absolute atomic E-state index is 11.2.